The van der Waals surface area contributed by atoms with E-state index in [-0.39, 0.29) is 31.0 Å². The van der Waals surface area contributed by atoms with Gasteiger partial charge in [0.25, 0.3) is 5.91 Å². The molecule has 4 rings (SSSR count). The Morgan fingerprint density at radius 3 is 2.93 bits per heavy atom. The number of amides is 2. The van der Waals surface area contributed by atoms with Crippen molar-refractivity contribution in [2.45, 2.75) is 25.3 Å². The van der Waals surface area contributed by atoms with Crippen molar-refractivity contribution >= 4 is 24.2 Å². The number of likely N-dealkylation sites (tertiary alicyclic amines) is 1. The highest BCUT2D eigenvalue weighted by atomic mass is 35.5. The van der Waals surface area contributed by atoms with Crippen LogP contribution in [0.2, 0.25) is 0 Å². The minimum absolute atomic E-state index is 0. The molecule has 1 aromatic carbocycles. The van der Waals surface area contributed by atoms with Crippen LogP contribution >= 0.6 is 12.4 Å². The first-order chi connectivity index (χ1) is 12.7. The molecule has 1 saturated heterocycles. The van der Waals surface area contributed by atoms with Gasteiger partial charge in [0.05, 0.1) is 0 Å². The van der Waals surface area contributed by atoms with Crippen LogP contribution in [0.4, 0.5) is 0 Å². The third-order valence-corrected chi connectivity index (χ3v) is 5.08. The minimum Gasteiger partial charge on any atom is -0.454 e. The molecule has 1 atom stereocenters. The molecule has 2 N–H and O–H groups in total. The quantitative estimate of drug-likeness (QED) is 0.757. The Labute approximate surface area is 164 Å². The average Bonchev–Trinajstić information content (AvgIpc) is 3.35. The number of halogens is 1. The van der Waals surface area contributed by atoms with Crippen LogP contribution in [-0.4, -0.2) is 55.7 Å². The van der Waals surface area contributed by atoms with Gasteiger partial charge < -0.3 is 25.0 Å². The van der Waals surface area contributed by atoms with Crippen molar-refractivity contribution in [3.8, 4) is 11.5 Å². The van der Waals surface area contributed by atoms with Crippen molar-refractivity contribution in [2.24, 2.45) is 0 Å². The fourth-order valence-electron chi connectivity index (χ4n) is 3.63. The van der Waals surface area contributed by atoms with Gasteiger partial charge >= 0.3 is 0 Å². The molecule has 7 nitrogen and oxygen atoms in total. The lowest BCUT2D eigenvalue weighted by Gasteiger charge is -2.24. The highest BCUT2D eigenvalue weighted by Crippen LogP contribution is 2.33. The second kappa shape index (κ2) is 8.63. The summed E-state index contributed by atoms with van der Waals surface area (Å²) in [5.41, 5.74) is 1.76. The smallest absolute Gasteiger partial charge is 0.254 e. The van der Waals surface area contributed by atoms with E-state index in [1.54, 1.807) is 23.1 Å². The molecule has 0 saturated carbocycles. The number of benzene rings is 1. The number of rotatable bonds is 4. The van der Waals surface area contributed by atoms with Gasteiger partial charge in [0, 0.05) is 25.2 Å². The van der Waals surface area contributed by atoms with Gasteiger partial charge in [0.15, 0.2) is 11.5 Å². The summed E-state index contributed by atoms with van der Waals surface area (Å²) in [6.07, 6.45) is 4.60. The van der Waals surface area contributed by atoms with E-state index in [9.17, 15) is 9.59 Å². The number of hydrogen-bond acceptors (Lipinski definition) is 5. The van der Waals surface area contributed by atoms with E-state index in [2.05, 4.69) is 16.7 Å². The Kier molecular flexibility index (Phi) is 6.23. The third kappa shape index (κ3) is 4.20. The average molecular weight is 394 g/mol. The molecule has 0 aliphatic carbocycles. The number of nitrogens with zero attached hydrogens (tertiary/aromatic N) is 1. The predicted octanol–water partition coefficient (Wildman–Crippen LogP) is 1.48. The Hall–Kier alpha value is -2.25. The monoisotopic (exact) mass is 393 g/mol. The molecule has 0 aromatic heterocycles. The summed E-state index contributed by atoms with van der Waals surface area (Å²) >= 11 is 0. The lowest BCUT2D eigenvalue weighted by atomic mass is 10.1. The van der Waals surface area contributed by atoms with Gasteiger partial charge in [-0.25, -0.2) is 0 Å². The first-order valence-electron chi connectivity index (χ1n) is 9.09. The molecular formula is C19H24ClN3O4. The van der Waals surface area contributed by atoms with E-state index in [4.69, 9.17) is 9.47 Å². The van der Waals surface area contributed by atoms with Gasteiger partial charge in [-0.3, -0.25) is 9.59 Å². The van der Waals surface area contributed by atoms with E-state index in [0.717, 1.165) is 25.9 Å². The SMILES string of the molecule is Cl.O=C(NCC1=CCNCC1)C1CCCN1C(=O)c1ccc2c(c1)OCO2. The predicted molar refractivity (Wildman–Crippen MR) is 102 cm³/mol. The van der Waals surface area contributed by atoms with E-state index < -0.39 is 6.04 Å². The van der Waals surface area contributed by atoms with Gasteiger partial charge in [-0.15, -0.1) is 12.4 Å². The number of fused-ring (bicyclic) bond motifs is 1. The van der Waals surface area contributed by atoms with Crippen LogP contribution < -0.4 is 20.1 Å². The molecule has 146 valence electrons. The lowest BCUT2D eigenvalue weighted by Crippen LogP contribution is -2.46. The molecule has 1 unspecified atom stereocenters. The first kappa shape index (κ1) is 19.5. The summed E-state index contributed by atoms with van der Waals surface area (Å²) in [5, 5.41) is 6.25. The Morgan fingerprint density at radius 2 is 2.11 bits per heavy atom. The zero-order chi connectivity index (χ0) is 17.9. The third-order valence-electron chi connectivity index (χ3n) is 5.08. The van der Waals surface area contributed by atoms with E-state index >= 15 is 0 Å². The minimum atomic E-state index is -0.407. The number of carbonyl (C=O) groups excluding carboxylic acids is 2. The summed E-state index contributed by atoms with van der Waals surface area (Å²) in [6.45, 7) is 3.12. The van der Waals surface area contributed by atoms with Crippen LogP contribution in [0.1, 0.15) is 29.6 Å². The molecule has 1 aromatic rings. The van der Waals surface area contributed by atoms with Gasteiger partial charge in [-0.1, -0.05) is 11.6 Å². The van der Waals surface area contributed by atoms with Crippen LogP contribution in [-0.2, 0) is 4.79 Å². The second-order valence-electron chi connectivity index (χ2n) is 6.76. The Bertz CT molecular complexity index is 752. The van der Waals surface area contributed by atoms with Crippen molar-refractivity contribution in [2.75, 3.05) is 33.0 Å². The van der Waals surface area contributed by atoms with Crippen LogP contribution in [0, 0.1) is 0 Å². The zero-order valence-electron chi connectivity index (χ0n) is 15.0. The highest BCUT2D eigenvalue weighted by molar-refractivity contribution is 5.98. The molecule has 0 radical (unpaired) electrons. The van der Waals surface area contributed by atoms with Crippen molar-refractivity contribution in [3.05, 3.63) is 35.4 Å². The molecule has 0 spiro atoms. The standard InChI is InChI=1S/C19H23N3O4.ClH/c23-18(21-11-13-5-7-20-8-6-13)15-2-1-9-22(15)19(24)14-3-4-16-17(10-14)26-12-25-16;/h3-5,10,15,20H,1-2,6-9,11-12H2,(H,21,23);1H. The molecule has 3 aliphatic heterocycles. The maximum absolute atomic E-state index is 12.9. The van der Waals surface area contributed by atoms with Crippen molar-refractivity contribution < 1.29 is 19.1 Å². The fraction of sp³-hybridized carbons (Fsp3) is 0.474. The number of nitrogens with one attached hydrogen (secondary N) is 2. The summed E-state index contributed by atoms with van der Waals surface area (Å²) in [6, 6.07) is 4.75. The first-order valence-corrected chi connectivity index (χ1v) is 9.09. The molecule has 8 heteroatoms. The largest absolute Gasteiger partial charge is 0.454 e. The van der Waals surface area contributed by atoms with Crippen molar-refractivity contribution in [1.29, 1.82) is 0 Å². The van der Waals surface area contributed by atoms with Gasteiger partial charge in [0.2, 0.25) is 12.7 Å². The van der Waals surface area contributed by atoms with Crippen molar-refractivity contribution in [3.63, 3.8) is 0 Å². The summed E-state index contributed by atoms with van der Waals surface area (Å²) in [5.74, 6) is 1.01. The van der Waals surface area contributed by atoms with Crippen LogP contribution in [0.3, 0.4) is 0 Å². The topological polar surface area (TPSA) is 79.9 Å². The highest BCUT2D eigenvalue weighted by Gasteiger charge is 2.35. The molecular weight excluding hydrogens is 370 g/mol. The molecule has 3 heterocycles. The Morgan fingerprint density at radius 1 is 1.26 bits per heavy atom. The van der Waals surface area contributed by atoms with Gasteiger partial charge in [-0.05, 0) is 44.0 Å². The molecule has 0 bridgehead atoms. The molecule has 3 aliphatic rings. The molecule has 2 amide bonds. The Balaban J connectivity index is 0.00000210. The van der Waals surface area contributed by atoms with Crippen LogP contribution in [0.15, 0.2) is 29.8 Å². The molecule has 27 heavy (non-hydrogen) atoms. The van der Waals surface area contributed by atoms with E-state index in [1.165, 1.54) is 5.57 Å². The molecule has 1 fully saturated rings. The van der Waals surface area contributed by atoms with Crippen LogP contribution in [0.25, 0.3) is 0 Å². The normalized spacial score (nSPS) is 20.7. The van der Waals surface area contributed by atoms with Gasteiger partial charge in [-0.2, -0.15) is 0 Å². The maximum Gasteiger partial charge on any atom is 0.254 e. The second-order valence-corrected chi connectivity index (χ2v) is 6.76. The van der Waals surface area contributed by atoms with E-state index in [0.29, 0.717) is 36.6 Å². The lowest BCUT2D eigenvalue weighted by molar-refractivity contribution is -0.124. The summed E-state index contributed by atoms with van der Waals surface area (Å²) in [4.78, 5) is 27.2. The van der Waals surface area contributed by atoms with Crippen LogP contribution in [0.5, 0.6) is 11.5 Å². The number of carbonyl (C=O) groups is 2. The number of ether oxygens (including phenoxy) is 2. The summed E-state index contributed by atoms with van der Waals surface area (Å²) in [7, 11) is 0. The summed E-state index contributed by atoms with van der Waals surface area (Å²) < 4.78 is 10.6. The zero-order valence-corrected chi connectivity index (χ0v) is 15.8. The van der Waals surface area contributed by atoms with Gasteiger partial charge in [0.1, 0.15) is 6.04 Å². The fourth-order valence-corrected chi connectivity index (χ4v) is 3.63. The van der Waals surface area contributed by atoms with Crippen molar-refractivity contribution in [1.82, 2.24) is 15.5 Å². The number of hydrogen-bond donors (Lipinski definition) is 2. The van der Waals surface area contributed by atoms with E-state index in [1.807, 2.05) is 0 Å². The maximum atomic E-state index is 12.9.